The van der Waals surface area contributed by atoms with Gasteiger partial charge in [0.1, 0.15) is 5.82 Å². The monoisotopic (exact) mass is 198 g/mol. The summed E-state index contributed by atoms with van der Waals surface area (Å²) in [6, 6.07) is 5.72. The molecule has 0 saturated carbocycles. The van der Waals surface area contributed by atoms with Crippen LogP contribution in [-0.2, 0) is 0 Å². The Morgan fingerprint density at radius 2 is 2.31 bits per heavy atom. The van der Waals surface area contributed by atoms with Gasteiger partial charge >= 0.3 is 0 Å². The third kappa shape index (κ3) is 2.59. The highest BCUT2D eigenvalue weighted by molar-refractivity contribution is 5.93. The maximum Gasteiger partial charge on any atom is 0.197 e. The Hall–Kier alpha value is -1.29. The van der Waals surface area contributed by atoms with E-state index in [2.05, 4.69) is 20.6 Å². The third-order valence-corrected chi connectivity index (χ3v) is 1.59. The minimum absolute atomic E-state index is 0. The molecule has 1 aliphatic heterocycles. The van der Waals surface area contributed by atoms with Crippen molar-refractivity contribution in [3.8, 4) is 0 Å². The lowest BCUT2D eigenvalue weighted by molar-refractivity contribution is 0.958. The standard InChI is InChI=1S/C8H10N4.ClH/c1-2-4-9-7(3-1)12-8-10-5-6-11-8;/h1-4H,5-6H2,(H2,9,10,11,12);1H. The molecule has 0 aliphatic carbocycles. The van der Waals surface area contributed by atoms with Crippen LogP contribution in [0.5, 0.6) is 0 Å². The molecule has 0 radical (unpaired) electrons. The fraction of sp³-hybridized carbons (Fsp3) is 0.250. The summed E-state index contributed by atoms with van der Waals surface area (Å²) in [6.45, 7) is 1.75. The second-order valence-corrected chi connectivity index (χ2v) is 2.50. The summed E-state index contributed by atoms with van der Waals surface area (Å²) >= 11 is 0. The molecule has 1 aromatic heterocycles. The highest BCUT2D eigenvalue weighted by atomic mass is 35.5. The maximum atomic E-state index is 4.19. The molecule has 0 fully saturated rings. The predicted molar refractivity (Wildman–Crippen MR) is 55.4 cm³/mol. The number of aliphatic imine (C=N–C) groups is 1. The molecule has 0 unspecified atom stereocenters. The summed E-state index contributed by atoms with van der Waals surface area (Å²) in [5.74, 6) is 1.64. The number of hydrogen-bond acceptors (Lipinski definition) is 4. The van der Waals surface area contributed by atoms with Crippen molar-refractivity contribution in [1.29, 1.82) is 0 Å². The molecule has 1 aliphatic rings. The smallest absolute Gasteiger partial charge is 0.197 e. The first kappa shape index (κ1) is 9.80. The second-order valence-electron chi connectivity index (χ2n) is 2.50. The summed E-state index contributed by atoms with van der Waals surface area (Å²) in [5, 5.41) is 6.17. The van der Waals surface area contributed by atoms with Gasteiger partial charge < -0.3 is 10.6 Å². The molecule has 2 N–H and O–H groups in total. The van der Waals surface area contributed by atoms with Crippen molar-refractivity contribution in [2.24, 2.45) is 4.99 Å². The van der Waals surface area contributed by atoms with Gasteiger partial charge in [-0.15, -0.1) is 12.4 Å². The maximum absolute atomic E-state index is 4.19. The molecule has 70 valence electrons. The first-order valence-electron chi connectivity index (χ1n) is 3.91. The molecular weight excluding hydrogens is 188 g/mol. The Morgan fingerprint density at radius 1 is 1.38 bits per heavy atom. The van der Waals surface area contributed by atoms with Crippen LogP contribution in [0.1, 0.15) is 0 Å². The fourth-order valence-corrected chi connectivity index (χ4v) is 1.04. The molecule has 0 spiro atoms. The van der Waals surface area contributed by atoms with Crippen molar-refractivity contribution in [2.75, 3.05) is 18.4 Å². The molecule has 13 heavy (non-hydrogen) atoms. The van der Waals surface area contributed by atoms with Crippen LogP contribution in [0.25, 0.3) is 0 Å². The van der Waals surface area contributed by atoms with E-state index in [-0.39, 0.29) is 12.4 Å². The Kier molecular flexibility index (Phi) is 3.52. The van der Waals surface area contributed by atoms with E-state index in [0.29, 0.717) is 0 Å². The lowest BCUT2D eigenvalue weighted by Gasteiger charge is -2.03. The van der Waals surface area contributed by atoms with E-state index in [0.717, 1.165) is 24.9 Å². The van der Waals surface area contributed by atoms with Crippen LogP contribution in [0.15, 0.2) is 29.4 Å². The van der Waals surface area contributed by atoms with Crippen LogP contribution in [0.2, 0.25) is 0 Å². The SMILES string of the molecule is Cl.c1ccc(NC2=NCCN2)nc1. The largest absolute Gasteiger partial charge is 0.354 e. The number of hydrogen-bond donors (Lipinski definition) is 2. The van der Waals surface area contributed by atoms with Gasteiger partial charge in [0.05, 0.1) is 6.54 Å². The quantitative estimate of drug-likeness (QED) is 0.704. The minimum Gasteiger partial charge on any atom is -0.354 e. The number of rotatable bonds is 1. The van der Waals surface area contributed by atoms with Gasteiger partial charge in [0, 0.05) is 12.7 Å². The Bertz CT molecular complexity index is 285. The number of nitrogens with one attached hydrogen (secondary N) is 2. The van der Waals surface area contributed by atoms with Gasteiger partial charge in [-0.1, -0.05) is 6.07 Å². The lowest BCUT2D eigenvalue weighted by Crippen LogP contribution is -2.26. The number of pyridine rings is 1. The Morgan fingerprint density at radius 3 is 2.92 bits per heavy atom. The zero-order chi connectivity index (χ0) is 8.23. The topological polar surface area (TPSA) is 49.3 Å². The second kappa shape index (κ2) is 4.67. The summed E-state index contributed by atoms with van der Waals surface area (Å²) in [4.78, 5) is 8.30. The number of guanidine groups is 1. The molecule has 0 saturated heterocycles. The van der Waals surface area contributed by atoms with E-state index >= 15 is 0 Å². The van der Waals surface area contributed by atoms with Gasteiger partial charge in [-0.25, -0.2) is 4.98 Å². The van der Waals surface area contributed by atoms with Gasteiger partial charge in [-0.2, -0.15) is 0 Å². The first-order chi connectivity index (χ1) is 5.95. The molecule has 0 bridgehead atoms. The number of anilines is 1. The van der Waals surface area contributed by atoms with E-state index in [1.54, 1.807) is 6.20 Å². The van der Waals surface area contributed by atoms with Crippen molar-refractivity contribution in [1.82, 2.24) is 10.3 Å². The minimum atomic E-state index is 0. The normalized spacial score (nSPS) is 14.0. The molecule has 2 heterocycles. The first-order valence-corrected chi connectivity index (χ1v) is 3.91. The van der Waals surface area contributed by atoms with Gasteiger partial charge in [-0.3, -0.25) is 4.99 Å². The van der Waals surface area contributed by atoms with Crippen molar-refractivity contribution in [2.45, 2.75) is 0 Å². The van der Waals surface area contributed by atoms with E-state index in [1.165, 1.54) is 0 Å². The molecule has 0 aromatic carbocycles. The van der Waals surface area contributed by atoms with E-state index < -0.39 is 0 Å². The van der Waals surface area contributed by atoms with Gasteiger partial charge in [-0.05, 0) is 12.1 Å². The van der Waals surface area contributed by atoms with Crippen LogP contribution < -0.4 is 10.6 Å². The molecule has 0 amide bonds. The fourth-order valence-electron chi connectivity index (χ4n) is 1.04. The van der Waals surface area contributed by atoms with E-state index in [4.69, 9.17) is 0 Å². The summed E-state index contributed by atoms with van der Waals surface area (Å²) in [5.41, 5.74) is 0. The van der Waals surface area contributed by atoms with Gasteiger partial charge in [0.25, 0.3) is 0 Å². The third-order valence-electron chi connectivity index (χ3n) is 1.59. The van der Waals surface area contributed by atoms with Crippen molar-refractivity contribution >= 4 is 24.2 Å². The number of aromatic nitrogens is 1. The van der Waals surface area contributed by atoms with Gasteiger partial charge in [0.15, 0.2) is 5.96 Å². The summed E-state index contributed by atoms with van der Waals surface area (Å²) in [6.07, 6.45) is 1.75. The van der Waals surface area contributed by atoms with E-state index in [9.17, 15) is 0 Å². The Labute approximate surface area is 82.9 Å². The number of halogens is 1. The molecule has 5 heteroatoms. The zero-order valence-electron chi connectivity index (χ0n) is 7.03. The lowest BCUT2D eigenvalue weighted by atomic mass is 10.5. The highest BCUT2D eigenvalue weighted by Gasteiger charge is 2.03. The predicted octanol–water partition coefficient (Wildman–Crippen LogP) is 0.874. The molecule has 1 aromatic rings. The summed E-state index contributed by atoms with van der Waals surface area (Å²) < 4.78 is 0. The van der Waals surface area contributed by atoms with Crippen LogP contribution in [0.3, 0.4) is 0 Å². The zero-order valence-corrected chi connectivity index (χ0v) is 7.84. The molecule has 4 nitrogen and oxygen atoms in total. The molecule has 0 atom stereocenters. The van der Waals surface area contributed by atoms with Crippen LogP contribution >= 0.6 is 12.4 Å². The molecule has 2 rings (SSSR count). The molecular formula is C8H11ClN4. The van der Waals surface area contributed by atoms with Gasteiger partial charge in [0.2, 0.25) is 0 Å². The number of nitrogens with zero attached hydrogens (tertiary/aromatic N) is 2. The average Bonchev–Trinajstić information content (AvgIpc) is 2.59. The summed E-state index contributed by atoms with van der Waals surface area (Å²) in [7, 11) is 0. The Balaban J connectivity index is 0.000000845. The van der Waals surface area contributed by atoms with Crippen molar-refractivity contribution < 1.29 is 0 Å². The van der Waals surface area contributed by atoms with Crippen LogP contribution in [0, 0.1) is 0 Å². The van der Waals surface area contributed by atoms with Crippen LogP contribution in [0.4, 0.5) is 5.82 Å². The van der Waals surface area contributed by atoms with Crippen molar-refractivity contribution in [3.05, 3.63) is 24.4 Å². The van der Waals surface area contributed by atoms with Crippen molar-refractivity contribution in [3.63, 3.8) is 0 Å². The van der Waals surface area contributed by atoms with Crippen LogP contribution in [-0.4, -0.2) is 24.0 Å². The average molecular weight is 199 g/mol. The van der Waals surface area contributed by atoms with E-state index in [1.807, 2.05) is 18.2 Å². The highest BCUT2D eigenvalue weighted by Crippen LogP contribution is 1.99.